The number of hydrogen-bond acceptors (Lipinski definition) is 5. The van der Waals surface area contributed by atoms with Crippen LogP contribution in [0.25, 0.3) is 5.76 Å². The maximum absolute atomic E-state index is 12.9. The summed E-state index contributed by atoms with van der Waals surface area (Å²) >= 11 is 0. The molecule has 1 heterocycles. The number of nitrogens with zero attached hydrogens (tertiary/aromatic N) is 1. The second-order valence-electron chi connectivity index (χ2n) is 7.27. The van der Waals surface area contributed by atoms with Gasteiger partial charge in [0.15, 0.2) is 0 Å². The van der Waals surface area contributed by atoms with E-state index in [0.717, 1.165) is 12.0 Å². The highest BCUT2D eigenvalue weighted by Crippen LogP contribution is 2.40. The molecule has 3 rings (SSSR count). The molecule has 1 N–H and O–H groups in total. The number of carbonyl (C=O) groups excluding carboxylic acids is 2. The average Bonchev–Trinajstić information content (AvgIpc) is 3.01. The van der Waals surface area contributed by atoms with Crippen LogP contribution >= 0.6 is 0 Å². The van der Waals surface area contributed by atoms with Crippen molar-refractivity contribution >= 4 is 17.4 Å². The van der Waals surface area contributed by atoms with Gasteiger partial charge in [-0.3, -0.25) is 9.59 Å². The molecule has 0 radical (unpaired) electrons. The van der Waals surface area contributed by atoms with Crippen LogP contribution in [0.15, 0.2) is 54.1 Å². The van der Waals surface area contributed by atoms with Crippen LogP contribution in [0.5, 0.6) is 5.75 Å². The van der Waals surface area contributed by atoms with E-state index < -0.39 is 17.7 Å². The number of aryl methyl sites for hydroxylation is 1. The van der Waals surface area contributed by atoms with E-state index in [2.05, 4.69) is 0 Å². The van der Waals surface area contributed by atoms with Crippen molar-refractivity contribution in [2.24, 2.45) is 0 Å². The Kier molecular flexibility index (Phi) is 6.90. The standard InChI is InChI=1S/C24H27NO5/c1-4-13-30-19-7-5-6-18(15-19)21-20(22(26)17-10-8-16(2)9-11-17)23(27)24(28)25(21)12-14-29-3/h5-11,15,21,26H,4,12-14H2,1-3H3/b22-20-. The zero-order valence-electron chi connectivity index (χ0n) is 17.6. The molecule has 158 valence electrons. The monoisotopic (exact) mass is 409 g/mol. The maximum atomic E-state index is 12.9. The Balaban J connectivity index is 2.11. The number of ketones is 1. The van der Waals surface area contributed by atoms with Crippen molar-refractivity contribution in [1.82, 2.24) is 4.90 Å². The van der Waals surface area contributed by atoms with Gasteiger partial charge in [-0.25, -0.2) is 0 Å². The van der Waals surface area contributed by atoms with Crippen LogP contribution < -0.4 is 4.74 Å². The molecule has 30 heavy (non-hydrogen) atoms. The Morgan fingerprint density at radius 2 is 1.83 bits per heavy atom. The Morgan fingerprint density at radius 1 is 1.10 bits per heavy atom. The maximum Gasteiger partial charge on any atom is 0.295 e. The van der Waals surface area contributed by atoms with Crippen LogP contribution in [0, 0.1) is 6.92 Å². The van der Waals surface area contributed by atoms with Crippen molar-refractivity contribution in [3.8, 4) is 5.75 Å². The first kappa shape index (κ1) is 21.6. The Hall–Kier alpha value is -3.12. The van der Waals surface area contributed by atoms with Crippen LogP contribution in [0.3, 0.4) is 0 Å². The summed E-state index contributed by atoms with van der Waals surface area (Å²) in [4.78, 5) is 27.2. The predicted molar refractivity (Wildman–Crippen MR) is 114 cm³/mol. The lowest BCUT2D eigenvalue weighted by Crippen LogP contribution is -2.32. The molecular formula is C24H27NO5. The summed E-state index contributed by atoms with van der Waals surface area (Å²) in [6, 6.07) is 13.8. The third kappa shape index (κ3) is 4.39. The molecule has 1 aliphatic heterocycles. The molecule has 1 amide bonds. The summed E-state index contributed by atoms with van der Waals surface area (Å²) < 4.78 is 10.9. The van der Waals surface area contributed by atoms with Crippen molar-refractivity contribution < 1.29 is 24.2 Å². The van der Waals surface area contributed by atoms with E-state index in [9.17, 15) is 14.7 Å². The van der Waals surface area contributed by atoms with Gasteiger partial charge in [-0.15, -0.1) is 0 Å². The lowest BCUT2D eigenvalue weighted by molar-refractivity contribution is -0.140. The van der Waals surface area contributed by atoms with Crippen LogP contribution in [-0.4, -0.2) is 48.6 Å². The SMILES string of the molecule is CCCOc1cccc(C2/C(=C(/O)c3ccc(C)cc3)C(=O)C(=O)N2CCOC)c1. The molecule has 1 aliphatic rings. The minimum absolute atomic E-state index is 0.0765. The van der Waals surface area contributed by atoms with E-state index in [0.29, 0.717) is 23.5 Å². The Morgan fingerprint density at radius 3 is 2.50 bits per heavy atom. The first-order valence-electron chi connectivity index (χ1n) is 10.0. The van der Waals surface area contributed by atoms with Crippen molar-refractivity contribution in [2.45, 2.75) is 26.3 Å². The zero-order valence-corrected chi connectivity index (χ0v) is 17.6. The molecule has 0 aromatic heterocycles. The van der Waals surface area contributed by atoms with Crippen LogP contribution in [-0.2, 0) is 14.3 Å². The molecule has 1 saturated heterocycles. The molecule has 0 bridgehead atoms. The molecule has 6 nitrogen and oxygen atoms in total. The number of likely N-dealkylation sites (tertiary alicyclic amines) is 1. The van der Waals surface area contributed by atoms with Crippen molar-refractivity contribution in [3.63, 3.8) is 0 Å². The summed E-state index contributed by atoms with van der Waals surface area (Å²) in [5.41, 5.74) is 2.30. The summed E-state index contributed by atoms with van der Waals surface area (Å²) in [5, 5.41) is 11.0. The number of benzene rings is 2. The molecule has 0 aliphatic carbocycles. The highest BCUT2D eigenvalue weighted by Gasteiger charge is 2.45. The molecule has 2 aromatic rings. The molecule has 0 spiro atoms. The topological polar surface area (TPSA) is 76.1 Å². The zero-order chi connectivity index (χ0) is 21.7. The quantitative estimate of drug-likeness (QED) is 0.407. The van der Waals surface area contributed by atoms with Gasteiger partial charge in [0, 0.05) is 19.2 Å². The van der Waals surface area contributed by atoms with Gasteiger partial charge in [0.2, 0.25) is 0 Å². The molecule has 1 fully saturated rings. The second kappa shape index (κ2) is 9.59. The van der Waals surface area contributed by atoms with E-state index >= 15 is 0 Å². The molecular weight excluding hydrogens is 382 g/mol. The van der Waals surface area contributed by atoms with Gasteiger partial charge in [0.05, 0.1) is 24.8 Å². The van der Waals surface area contributed by atoms with Crippen LogP contribution in [0.2, 0.25) is 0 Å². The lowest BCUT2D eigenvalue weighted by atomic mass is 9.95. The molecule has 6 heteroatoms. The molecule has 0 saturated carbocycles. The summed E-state index contributed by atoms with van der Waals surface area (Å²) in [7, 11) is 1.54. The number of hydrogen-bond donors (Lipinski definition) is 1. The van der Waals surface area contributed by atoms with Crippen molar-refractivity contribution in [2.75, 3.05) is 26.9 Å². The lowest BCUT2D eigenvalue weighted by Gasteiger charge is -2.25. The average molecular weight is 409 g/mol. The van der Waals surface area contributed by atoms with Crippen LogP contribution in [0.1, 0.15) is 36.1 Å². The number of Topliss-reactive ketones (excluding diaryl/α,β-unsaturated/α-hetero) is 1. The fraction of sp³-hybridized carbons (Fsp3) is 0.333. The number of aliphatic hydroxyl groups excluding tert-OH is 1. The van der Waals surface area contributed by atoms with Gasteiger partial charge in [-0.05, 0) is 31.0 Å². The number of amides is 1. The van der Waals surface area contributed by atoms with Crippen molar-refractivity contribution in [1.29, 1.82) is 0 Å². The van der Waals surface area contributed by atoms with Crippen LogP contribution in [0.4, 0.5) is 0 Å². The van der Waals surface area contributed by atoms with E-state index in [-0.39, 0.29) is 24.5 Å². The Labute approximate surface area is 176 Å². The molecule has 1 atom stereocenters. The van der Waals surface area contributed by atoms with E-state index in [1.807, 2.05) is 50.2 Å². The fourth-order valence-electron chi connectivity index (χ4n) is 3.51. The number of rotatable bonds is 8. The number of ether oxygens (including phenoxy) is 2. The third-order valence-corrected chi connectivity index (χ3v) is 5.05. The van der Waals surface area contributed by atoms with E-state index in [4.69, 9.17) is 9.47 Å². The van der Waals surface area contributed by atoms with Gasteiger partial charge in [0.1, 0.15) is 11.5 Å². The minimum Gasteiger partial charge on any atom is -0.507 e. The van der Waals surface area contributed by atoms with E-state index in [1.165, 1.54) is 12.0 Å². The first-order valence-corrected chi connectivity index (χ1v) is 10.0. The van der Waals surface area contributed by atoms with Crippen molar-refractivity contribution in [3.05, 3.63) is 70.8 Å². The highest BCUT2D eigenvalue weighted by molar-refractivity contribution is 6.46. The van der Waals surface area contributed by atoms with Gasteiger partial charge in [-0.2, -0.15) is 0 Å². The fourth-order valence-corrected chi connectivity index (χ4v) is 3.51. The third-order valence-electron chi connectivity index (χ3n) is 5.05. The van der Waals surface area contributed by atoms with Gasteiger partial charge in [0.25, 0.3) is 11.7 Å². The first-order chi connectivity index (χ1) is 14.5. The molecule has 1 unspecified atom stereocenters. The molecule has 2 aromatic carbocycles. The summed E-state index contributed by atoms with van der Waals surface area (Å²) in [5.74, 6) is -0.875. The number of carbonyl (C=O) groups is 2. The number of methoxy groups -OCH3 is 1. The normalized spacial score (nSPS) is 18.1. The second-order valence-corrected chi connectivity index (χ2v) is 7.27. The van der Waals surface area contributed by atoms with Gasteiger partial charge in [-0.1, -0.05) is 48.9 Å². The minimum atomic E-state index is -0.716. The predicted octanol–water partition coefficient (Wildman–Crippen LogP) is 3.85. The summed E-state index contributed by atoms with van der Waals surface area (Å²) in [6.45, 7) is 5.04. The number of aliphatic hydroxyl groups is 1. The highest BCUT2D eigenvalue weighted by atomic mass is 16.5. The summed E-state index contributed by atoms with van der Waals surface area (Å²) in [6.07, 6.45) is 0.865. The van der Waals surface area contributed by atoms with Gasteiger partial charge >= 0.3 is 0 Å². The Bertz CT molecular complexity index is 948. The van der Waals surface area contributed by atoms with E-state index in [1.54, 1.807) is 12.1 Å². The smallest absolute Gasteiger partial charge is 0.295 e. The largest absolute Gasteiger partial charge is 0.507 e. The van der Waals surface area contributed by atoms with Gasteiger partial charge < -0.3 is 19.5 Å².